The first-order chi connectivity index (χ1) is 6.72. The molecule has 2 N–H and O–H groups in total. The lowest BCUT2D eigenvalue weighted by Crippen LogP contribution is -2.18. The molecule has 1 rings (SSSR count). The van der Waals surface area contributed by atoms with Crippen LogP contribution in [0.1, 0.15) is 31.9 Å². The summed E-state index contributed by atoms with van der Waals surface area (Å²) in [6.45, 7) is 4.05. The number of nitrogens with zero attached hydrogens (tertiary/aromatic N) is 1. The lowest BCUT2D eigenvalue weighted by molar-refractivity contribution is 0.453. The normalized spacial score (nSPS) is 13.1. The van der Waals surface area contributed by atoms with E-state index < -0.39 is 0 Å². The zero-order valence-corrected chi connectivity index (χ0v) is 9.64. The topological polar surface area (TPSA) is 52.0 Å². The summed E-state index contributed by atoms with van der Waals surface area (Å²) in [6, 6.07) is 0.349. The van der Waals surface area contributed by atoms with Crippen LogP contribution in [-0.4, -0.2) is 16.8 Å². The third-order valence-corrected chi connectivity index (χ3v) is 2.99. The maximum Gasteiger partial charge on any atom is 0.255 e. The minimum atomic E-state index is 0.349. The van der Waals surface area contributed by atoms with E-state index in [-0.39, 0.29) is 0 Å². The number of nitrogens with two attached hydrogens (primary N) is 1. The second-order valence-electron chi connectivity index (χ2n) is 3.41. The average Bonchev–Trinajstić information content (AvgIpc) is 2.58. The largest absolute Gasteiger partial charge is 0.440 e. The average molecular weight is 214 g/mol. The SMILES string of the molecule is CCC(N)CCCSc1nc(C)co1. The molecule has 1 aromatic heterocycles. The Kier molecular flexibility index (Phi) is 5.04. The van der Waals surface area contributed by atoms with Crippen LogP contribution in [0.25, 0.3) is 0 Å². The smallest absolute Gasteiger partial charge is 0.255 e. The fourth-order valence-corrected chi connectivity index (χ4v) is 1.92. The van der Waals surface area contributed by atoms with Crippen molar-refractivity contribution in [2.75, 3.05) is 5.75 Å². The van der Waals surface area contributed by atoms with Gasteiger partial charge in [-0.15, -0.1) is 0 Å². The third-order valence-electron chi connectivity index (χ3n) is 2.07. The van der Waals surface area contributed by atoms with Crippen molar-refractivity contribution in [3.63, 3.8) is 0 Å². The molecule has 0 radical (unpaired) electrons. The molecule has 0 aliphatic carbocycles. The van der Waals surface area contributed by atoms with Gasteiger partial charge in [-0.3, -0.25) is 0 Å². The van der Waals surface area contributed by atoms with E-state index in [0.717, 1.165) is 35.9 Å². The maximum atomic E-state index is 5.81. The van der Waals surface area contributed by atoms with Crippen LogP contribution >= 0.6 is 11.8 Å². The van der Waals surface area contributed by atoms with Crippen molar-refractivity contribution in [2.45, 2.75) is 44.4 Å². The summed E-state index contributed by atoms with van der Waals surface area (Å²) in [5.41, 5.74) is 6.75. The summed E-state index contributed by atoms with van der Waals surface area (Å²) in [7, 11) is 0. The third kappa shape index (κ3) is 4.15. The van der Waals surface area contributed by atoms with Gasteiger partial charge in [0.05, 0.1) is 5.69 Å². The molecule has 4 heteroatoms. The molecule has 1 atom stereocenters. The molecule has 0 fully saturated rings. The Morgan fingerprint density at radius 1 is 1.64 bits per heavy atom. The Bertz CT molecular complexity index is 262. The van der Waals surface area contributed by atoms with Gasteiger partial charge in [-0.05, 0) is 26.2 Å². The van der Waals surface area contributed by atoms with Crippen molar-refractivity contribution in [3.8, 4) is 0 Å². The van der Waals surface area contributed by atoms with Crippen LogP contribution in [0.15, 0.2) is 15.9 Å². The highest BCUT2D eigenvalue weighted by Crippen LogP contribution is 2.18. The van der Waals surface area contributed by atoms with Gasteiger partial charge in [-0.25, -0.2) is 4.98 Å². The second-order valence-corrected chi connectivity index (χ2v) is 4.46. The molecule has 0 saturated heterocycles. The van der Waals surface area contributed by atoms with E-state index in [1.54, 1.807) is 18.0 Å². The molecule has 0 bridgehead atoms. The standard InChI is InChI=1S/C10H18N2OS/c1-3-9(11)5-4-6-14-10-12-8(2)7-13-10/h7,9H,3-6,11H2,1-2H3. The first kappa shape index (κ1) is 11.6. The van der Waals surface area contributed by atoms with Crippen LogP contribution in [0.3, 0.4) is 0 Å². The zero-order chi connectivity index (χ0) is 10.4. The number of rotatable bonds is 6. The predicted octanol–water partition coefficient (Wildman–Crippen LogP) is 2.59. The van der Waals surface area contributed by atoms with Gasteiger partial charge in [0.25, 0.3) is 5.22 Å². The molecule has 14 heavy (non-hydrogen) atoms. The van der Waals surface area contributed by atoms with E-state index in [4.69, 9.17) is 10.2 Å². The zero-order valence-electron chi connectivity index (χ0n) is 8.82. The van der Waals surface area contributed by atoms with E-state index in [1.165, 1.54) is 0 Å². The summed E-state index contributed by atoms with van der Waals surface area (Å²) >= 11 is 1.66. The van der Waals surface area contributed by atoms with Crippen LogP contribution in [0.4, 0.5) is 0 Å². The van der Waals surface area contributed by atoms with Gasteiger partial charge in [-0.1, -0.05) is 18.7 Å². The van der Waals surface area contributed by atoms with Crippen LogP contribution < -0.4 is 5.73 Å². The molecule has 0 spiro atoms. The van der Waals surface area contributed by atoms with Gasteiger partial charge < -0.3 is 10.2 Å². The Morgan fingerprint density at radius 2 is 2.43 bits per heavy atom. The fraction of sp³-hybridized carbons (Fsp3) is 0.700. The maximum absolute atomic E-state index is 5.81. The number of aromatic nitrogens is 1. The van der Waals surface area contributed by atoms with Crippen molar-refractivity contribution in [3.05, 3.63) is 12.0 Å². The highest BCUT2D eigenvalue weighted by Gasteiger charge is 2.02. The van der Waals surface area contributed by atoms with Crippen molar-refractivity contribution in [1.29, 1.82) is 0 Å². The Morgan fingerprint density at radius 3 is 3.00 bits per heavy atom. The molecular weight excluding hydrogens is 196 g/mol. The van der Waals surface area contributed by atoms with Crippen LogP contribution in [0.5, 0.6) is 0 Å². The first-order valence-electron chi connectivity index (χ1n) is 5.03. The van der Waals surface area contributed by atoms with Crippen molar-refractivity contribution in [2.24, 2.45) is 5.73 Å². The predicted molar refractivity (Wildman–Crippen MR) is 59.5 cm³/mol. The quantitative estimate of drug-likeness (QED) is 0.584. The lowest BCUT2D eigenvalue weighted by Gasteiger charge is -2.06. The molecule has 1 unspecified atom stereocenters. The summed E-state index contributed by atoms with van der Waals surface area (Å²) in [5, 5.41) is 0.771. The second kappa shape index (κ2) is 6.09. The summed E-state index contributed by atoms with van der Waals surface area (Å²) in [5.74, 6) is 1.04. The molecule has 0 aromatic carbocycles. The molecule has 3 nitrogen and oxygen atoms in total. The van der Waals surface area contributed by atoms with E-state index in [9.17, 15) is 0 Å². The number of oxazole rings is 1. The fourth-order valence-electron chi connectivity index (χ4n) is 1.11. The highest BCUT2D eigenvalue weighted by atomic mass is 32.2. The number of hydrogen-bond donors (Lipinski definition) is 1. The lowest BCUT2D eigenvalue weighted by atomic mass is 10.1. The number of hydrogen-bond acceptors (Lipinski definition) is 4. The molecular formula is C10H18N2OS. The van der Waals surface area contributed by atoms with E-state index in [1.807, 2.05) is 6.92 Å². The number of aryl methyl sites for hydroxylation is 1. The van der Waals surface area contributed by atoms with Gasteiger partial charge in [0.15, 0.2) is 0 Å². The summed E-state index contributed by atoms with van der Waals surface area (Å²) < 4.78 is 5.22. The van der Waals surface area contributed by atoms with Crippen LogP contribution in [-0.2, 0) is 0 Å². The van der Waals surface area contributed by atoms with Gasteiger partial charge in [-0.2, -0.15) is 0 Å². The molecule has 1 aromatic rings. The first-order valence-corrected chi connectivity index (χ1v) is 6.01. The highest BCUT2D eigenvalue weighted by molar-refractivity contribution is 7.99. The summed E-state index contributed by atoms with van der Waals surface area (Å²) in [4.78, 5) is 4.21. The van der Waals surface area contributed by atoms with Crippen LogP contribution in [0, 0.1) is 6.92 Å². The monoisotopic (exact) mass is 214 g/mol. The Labute approximate surface area is 89.5 Å². The van der Waals surface area contributed by atoms with Crippen molar-refractivity contribution < 1.29 is 4.42 Å². The Balaban J connectivity index is 2.10. The van der Waals surface area contributed by atoms with Crippen molar-refractivity contribution in [1.82, 2.24) is 4.98 Å². The van der Waals surface area contributed by atoms with Crippen LogP contribution in [0.2, 0.25) is 0 Å². The van der Waals surface area contributed by atoms with Gasteiger partial charge in [0.1, 0.15) is 6.26 Å². The molecule has 0 saturated carbocycles. The van der Waals surface area contributed by atoms with Crippen molar-refractivity contribution >= 4 is 11.8 Å². The number of thioether (sulfide) groups is 1. The van der Waals surface area contributed by atoms with Gasteiger partial charge in [0, 0.05) is 11.8 Å². The molecule has 0 aliphatic rings. The molecule has 80 valence electrons. The summed E-state index contributed by atoms with van der Waals surface area (Å²) in [6.07, 6.45) is 4.95. The van der Waals surface area contributed by atoms with E-state index >= 15 is 0 Å². The minimum Gasteiger partial charge on any atom is -0.440 e. The van der Waals surface area contributed by atoms with E-state index in [0.29, 0.717) is 6.04 Å². The molecule has 0 aliphatic heterocycles. The Hall–Kier alpha value is -0.480. The minimum absolute atomic E-state index is 0.349. The molecule has 0 amide bonds. The van der Waals surface area contributed by atoms with E-state index in [2.05, 4.69) is 11.9 Å². The van der Waals surface area contributed by atoms with Gasteiger partial charge >= 0.3 is 0 Å². The molecule has 1 heterocycles. The van der Waals surface area contributed by atoms with Gasteiger partial charge in [0.2, 0.25) is 0 Å².